The molecule has 104 valence electrons. The predicted octanol–water partition coefficient (Wildman–Crippen LogP) is 2.54. The Kier molecular flexibility index (Phi) is 4.88. The van der Waals surface area contributed by atoms with Crippen LogP contribution < -0.4 is 0 Å². The molecule has 2 rings (SSSR count). The lowest BCUT2D eigenvalue weighted by molar-refractivity contribution is -0.131. The summed E-state index contributed by atoms with van der Waals surface area (Å²) in [5.74, 6) is 1.13. The Bertz CT molecular complexity index is 419. The number of amides is 1. The van der Waals surface area contributed by atoms with Crippen LogP contribution in [0.4, 0.5) is 0 Å². The first-order chi connectivity index (χ1) is 9.07. The number of thioether (sulfide) groups is 1. The molecule has 1 aliphatic rings. The molecule has 0 aromatic heterocycles. The van der Waals surface area contributed by atoms with Gasteiger partial charge in [-0.2, -0.15) is 0 Å². The zero-order valence-corrected chi connectivity index (χ0v) is 12.2. The number of aliphatic hydroxyl groups is 1. The van der Waals surface area contributed by atoms with Crippen LogP contribution in [-0.2, 0) is 4.79 Å². The molecule has 0 radical (unpaired) electrons. The largest absolute Gasteiger partial charge is 0.388 e. The highest BCUT2D eigenvalue weighted by molar-refractivity contribution is 7.99. The number of hydrogen-bond acceptors (Lipinski definition) is 3. The van der Waals surface area contributed by atoms with Crippen molar-refractivity contribution in [2.75, 3.05) is 18.8 Å². The minimum absolute atomic E-state index is 0.173. The Hall–Kier alpha value is -1.00. The van der Waals surface area contributed by atoms with Crippen LogP contribution in [0, 0.1) is 0 Å². The zero-order chi connectivity index (χ0) is 13.7. The van der Waals surface area contributed by atoms with E-state index in [-0.39, 0.29) is 5.91 Å². The second-order valence-corrected chi connectivity index (χ2v) is 6.50. The van der Waals surface area contributed by atoms with Gasteiger partial charge in [-0.05, 0) is 37.7 Å². The van der Waals surface area contributed by atoms with Gasteiger partial charge >= 0.3 is 0 Å². The Balaban J connectivity index is 1.65. The van der Waals surface area contributed by atoms with Gasteiger partial charge in [0.15, 0.2) is 0 Å². The average molecular weight is 279 g/mol. The van der Waals surface area contributed by atoms with Crippen LogP contribution in [0.3, 0.4) is 0 Å². The summed E-state index contributed by atoms with van der Waals surface area (Å²) in [6, 6.07) is 10.2. The van der Waals surface area contributed by atoms with E-state index in [2.05, 4.69) is 12.1 Å². The van der Waals surface area contributed by atoms with Crippen molar-refractivity contribution in [1.29, 1.82) is 0 Å². The molecule has 3 nitrogen and oxygen atoms in total. The molecular weight excluding hydrogens is 258 g/mol. The van der Waals surface area contributed by atoms with Crippen molar-refractivity contribution in [2.45, 2.75) is 36.7 Å². The zero-order valence-electron chi connectivity index (χ0n) is 11.3. The molecule has 4 heteroatoms. The third-order valence-corrected chi connectivity index (χ3v) is 4.45. The first-order valence-electron chi connectivity index (χ1n) is 6.75. The van der Waals surface area contributed by atoms with Gasteiger partial charge in [0.25, 0.3) is 0 Å². The third kappa shape index (κ3) is 4.55. The standard InChI is InChI=1S/C15H21NO2S/c1-15(18)9-10-16(12-15)14(17)8-5-11-19-13-6-3-2-4-7-13/h2-4,6-7,18H,5,8-12H2,1H3. The lowest BCUT2D eigenvalue weighted by Gasteiger charge is -2.18. The third-order valence-electron chi connectivity index (χ3n) is 3.35. The number of β-amino-alcohol motifs (C(OH)–C–C–N with tert-alkyl or cyclic N) is 1. The summed E-state index contributed by atoms with van der Waals surface area (Å²) in [7, 11) is 0. The highest BCUT2D eigenvalue weighted by atomic mass is 32.2. The van der Waals surface area contributed by atoms with Gasteiger partial charge in [0, 0.05) is 24.4 Å². The molecule has 1 heterocycles. The highest BCUT2D eigenvalue weighted by Crippen LogP contribution is 2.22. The van der Waals surface area contributed by atoms with Gasteiger partial charge in [0.05, 0.1) is 5.60 Å². The van der Waals surface area contributed by atoms with Crippen LogP contribution in [0.2, 0.25) is 0 Å². The summed E-state index contributed by atoms with van der Waals surface area (Å²) in [6.45, 7) is 2.97. The van der Waals surface area contributed by atoms with Crippen LogP contribution in [0.1, 0.15) is 26.2 Å². The molecule has 1 aromatic carbocycles. The molecule has 1 aromatic rings. The summed E-state index contributed by atoms with van der Waals surface area (Å²) in [4.78, 5) is 15.0. The van der Waals surface area contributed by atoms with Gasteiger partial charge in [-0.1, -0.05) is 18.2 Å². The van der Waals surface area contributed by atoms with Crippen molar-refractivity contribution in [3.05, 3.63) is 30.3 Å². The summed E-state index contributed by atoms with van der Waals surface area (Å²) in [6.07, 6.45) is 2.16. The molecule has 1 unspecified atom stereocenters. The number of carbonyl (C=O) groups is 1. The Morgan fingerprint density at radius 2 is 2.16 bits per heavy atom. The Morgan fingerprint density at radius 1 is 1.42 bits per heavy atom. The minimum atomic E-state index is -0.686. The second-order valence-electron chi connectivity index (χ2n) is 5.33. The van der Waals surface area contributed by atoms with Gasteiger partial charge in [0.1, 0.15) is 0 Å². The van der Waals surface area contributed by atoms with E-state index in [0.29, 0.717) is 25.9 Å². The number of hydrogen-bond donors (Lipinski definition) is 1. The minimum Gasteiger partial charge on any atom is -0.388 e. The molecule has 0 spiro atoms. The van der Waals surface area contributed by atoms with Gasteiger partial charge in [-0.25, -0.2) is 0 Å². The Labute approximate surface area is 119 Å². The van der Waals surface area contributed by atoms with E-state index in [9.17, 15) is 9.90 Å². The van der Waals surface area contributed by atoms with Crippen molar-refractivity contribution in [3.63, 3.8) is 0 Å². The molecule has 1 atom stereocenters. The van der Waals surface area contributed by atoms with Crippen molar-refractivity contribution in [3.8, 4) is 0 Å². The Morgan fingerprint density at radius 3 is 2.79 bits per heavy atom. The fourth-order valence-corrected chi connectivity index (χ4v) is 3.12. The first-order valence-corrected chi connectivity index (χ1v) is 7.73. The van der Waals surface area contributed by atoms with Crippen LogP contribution in [0.25, 0.3) is 0 Å². The number of likely N-dealkylation sites (tertiary alicyclic amines) is 1. The van der Waals surface area contributed by atoms with E-state index in [1.54, 1.807) is 23.6 Å². The molecule has 0 aliphatic carbocycles. The lowest BCUT2D eigenvalue weighted by atomic mass is 10.1. The van der Waals surface area contributed by atoms with Crippen molar-refractivity contribution < 1.29 is 9.90 Å². The summed E-state index contributed by atoms with van der Waals surface area (Å²) in [5.41, 5.74) is -0.686. The van der Waals surface area contributed by atoms with E-state index in [1.165, 1.54) is 4.90 Å². The fraction of sp³-hybridized carbons (Fsp3) is 0.533. The monoisotopic (exact) mass is 279 g/mol. The van der Waals surface area contributed by atoms with E-state index in [4.69, 9.17) is 0 Å². The van der Waals surface area contributed by atoms with Crippen LogP contribution in [0.15, 0.2) is 35.2 Å². The maximum Gasteiger partial charge on any atom is 0.222 e. The second kappa shape index (κ2) is 6.44. The number of carbonyl (C=O) groups excluding carboxylic acids is 1. The molecule has 1 amide bonds. The molecular formula is C15H21NO2S. The van der Waals surface area contributed by atoms with Crippen molar-refractivity contribution >= 4 is 17.7 Å². The fourth-order valence-electron chi connectivity index (χ4n) is 2.25. The molecule has 1 aliphatic heterocycles. The first kappa shape index (κ1) is 14.4. The summed E-state index contributed by atoms with van der Waals surface area (Å²) < 4.78 is 0. The predicted molar refractivity (Wildman–Crippen MR) is 78.2 cm³/mol. The van der Waals surface area contributed by atoms with E-state index in [0.717, 1.165) is 12.2 Å². The summed E-state index contributed by atoms with van der Waals surface area (Å²) in [5, 5.41) is 9.84. The SMILES string of the molecule is CC1(O)CCN(C(=O)CCCSc2ccccc2)C1. The number of nitrogens with zero attached hydrogens (tertiary/aromatic N) is 1. The molecule has 19 heavy (non-hydrogen) atoms. The van der Waals surface area contributed by atoms with Crippen LogP contribution in [-0.4, -0.2) is 40.4 Å². The lowest BCUT2D eigenvalue weighted by Crippen LogP contribution is -2.33. The van der Waals surface area contributed by atoms with Gasteiger partial charge in [0.2, 0.25) is 5.91 Å². The molecule has 1 saturated heterocycles. The molecule has 1 fully saturated rings. The smallest absolute Gasteiger partial charge is 0.222 e. The number of benzene rings is 1. The average Bonchev–Trinajstić information content (AvgIpc) is 2.76. The summed E-state index contributed by atoms with van der Waals surface area (Å²) >= 11 is 1.78. The molecule has 0 saturated carbocycles. The van der Waals surface area contributed by atoms with Crippen molar-refractivity contribution in [1.82, 2.24) is 4.90 Å². The topological polar surface area (TPSA) is 40.5 Å². The van der Waals surface area contributed by atoms with E-state index in [1.807, 2.05) is 18.2 Å². The van der Waals surface area contributed by atoms with Crippen LogP contribution >= 0.6 is 11.8 Å². The maximum absolute atomic E-state index is 11.9. The van der Waals surface area contributed by atoms with Gasteiger partial charge in [-0.3, -0.25) is 4.79 Å². The van der Waals surface area contributed by atoms with Crippen LogP contribution in [0.5, 0.6) is 0 Å². The quantitative estimate of drug-likeness (QED) is 0.665. The van der Waals surface area contributed by atoms with Crippen molar-refractivity contribution in [2.24, 2.45) is 0 Å². The molecule has 1 N–H and O–H groups in total. The number of rotatable bonds is 5. The van der Waals surface area contributed by atoms with Gasteiger partial charge < -0.3 is 10.0 Å². The molecule has 0 bridgehead atoms. The highest BCUT2D eigenvalue weighted by Gasteiger charge is 2.33. The van der Waals surface area contributed by atoms with E-state index >= 15 is 0 Å². The van der Waals surface area contributed by atoms with E-state index < -0.39 is 5.60 Å². The normalized spacial score (nSPS) is 22.7. The van der Waals surface area contributed by atoms with Gasteiger partial charge in [-0.15, -0.1) is 11.8 Å². The maximum atomic E-state index is 11.9.